The lowest BCUT2D eigenvalue weighted by Gasteiger charge is -2.29. The van der Waals surface area contributed by atoms with Crippen LogP contribution in [0, 0.1) is 5.92 Å². The maximum atomic E-state index is 14.5. The highest BCUT2D eigenvalue weighted by atomic mass is 32.1. The Balaban J connectivity index is 1.20. The van der Waals surface area contributed by atoms with Crippen LogP contribution in [0.3, 0.4) is 0 Å². The summed E-state index contributed by atoms with van der Waals surface area (Å²) in [6.45, 7) is 2.75. The quantitative estimate of drug-likeness (QED) is 0.198. The molecule has 288 valence electrons. The number of carboxylic acids is 1. The molecule has 5 atom stereocenters. The van der Waals surface area contributed by atoms with Gasteiger partial charge in [0.1, 0.15) is 47.0 Å². The normalized spacial score (nSPS) is 26.8. The lowest BCUT2D eigenvalue weighted by Crippen LogP contribution is -2.56. The predicted molar refractivity (Wildman–Crippen MR) is 203 cm³/mol. The van der Waals surface area contributed by atoms with Gasteiger partial charge in [-0.05, 0) is 70.4 Å². The van der Waals surface area contributed by atoms with Crippen LogP contribution in [0.15, 0.2) is 41.8 Å². The van der Waals surface area contributed by atoms with Crippen LogP contribution in [0.25, 0.3) is 22.3 Å². The molecule has 4 heterocycles. The number of fused-ring (bicyclic) bond motifs is 3. The van der Waals surface area contributed by atoms with E-state index in [-0.39, 0.29) is 31.4 Å². The van der Waals surface area contributed by atoms with Crippen molar-refractivity contribution in [2.24, 2.45) is 5.92 Å². The van der Waals surface area contributed by atoms with Gasteiger partial charge in [-0.1, -0.05) is 25.0 Å². The molecule has 3 amide bonds. The number of allylic oxidation sites excluding steroid dienone is 1. The first-order chi connectivity index (χ1) is 26.2. The number of benzene rings is 1. The number of carbonyl (C=O) groups excluding carboxylic acids is 3. The number of methoxy groups -OCH3 is 1. The zero-order valence-electron chi connectivity index (χ0n) is 30.7. The van der Waals surface area contributed by atoms with Gasteiger partial charge in [-0.25, -0.2) is 19.6 Å². The number of aliphatic carboxylic acids is 1. The van der Waals surface area contributed by atoms with Crippen molar-refractivity contribution in [2.45, 2.75) is 107 Å². The number of carbonyl (C=O) groups is 4. The second kappa shape index (κ2) is 16.2. The standard InChI is InChI=1S/C39H48N6O8S/c1-3-40-37-42-31(22-54-37)30-19-33(27-16-15-25(51-2)17-29(27)41-30)52-26-18-32-34(46)44-39(36(48)49)20-23(39)11-7-5-4-6-8-14-28(35(47)45(32)21-26)43-38(50)53-24-12-9-10-13-24/h7,11,15-17,19,22-24,26,28,32H,3-6,8-10,12-14,18,20-21H2,1-2H3,(H,40,42)(H,43,50)(H,44,46)(H,48,49)/b11-7-/t23-,26-,28-,32+,39-/m1/s1. The van der Waals surface area contributed by atoms with Gasteiger partial charge in [-0.3, -0.25) is 9.59 Å². The largest absolute Gasteiger partial charge is 0.497 e. The minimum absolute atomic E-state index is 0.0345. The van der Waals surface area contributed by atoms with Crippen LogP contribution in [-0.4, -0.2) is 93.9 Å². The average Bonchev–Trinajstić information content (AvgIpc) is 3.59. The number of rotatable bonds is 9. The molecular weight excluding hydrogens is 713 g/mol. The molecule has 4 aliphatic rings. The number of nitrogens with zero attached hydrogens (tertiary/aromatic N) is 3. The van der Waals surface area contributed by atoms with Crippen molar-refractivity contribution in [1.29, 1.82) is 0 Å². The van der Waals surface area contributed by atoms with E-state index in [1.165, 1.54) is 16.2 Å². The van der Waals surface area contributed by atoms with Gasteiger partial charge in [0.15, 0.2) is 5.13 Å². The highest BCUT2D eigenvalue weighted by molar-refractivity contribution is 7.14. The maximum Gasteiger partial charge on any atom is 0.408 e. The van der Waals surface area contributed by atoms with E-state index in [2.05, 4.69) is 16.0 Å². The topological polar surface area (TPSA) is 181 Å². The Hall–Kier alpha value is -4.92. The Labute approximate surface area is 318 Å². The molecule has 0 unspecified atom stereocenters. The first kappa shape index (κ1) is 37.4. The number of carboxylic acid groups (broad SMARTS) is 1. The number of thiazole rings is 1. The van der Waals surface area contributed by atoms with Crippen LogP contribution >= 0.6 is 11.3 Å². The van der Waals surface area contributed by atoms with Crippen LogP contribution in [0.5, 0.6) is 11.5 Å². The van der Waals surface area contributed by atoms with Crippen LogP contribution in [0.2, 0.25) is 0 Å². The molecule has 2 saturated carbocycles. The molecule has 0 radical (unpaired) electrons. The fourth-order valence-electron chi connectivity index (χ4n) is 7.82. The van der Waals surface area contributed by atoms with Gasteiger partial charge in [-0.2, -0.15) is 0 Å². The molecule has 1 saturated heterocycles. The van der Waals surface area contributed by atoms with E-state index in [0.717, 1.165) is 56.6 Å². The van der Waals surface area contributed by atoms with E-state index < -0.39 is 47.6 Å². The van der Waals surface area contributed by atoms with Crippen LogP contribution in [0.1, 0.15) is 77.6 Å². The first-order valence-corrected chi connectivity index (χ1v) is 19.9. The van der Waals surface area contributed by atoms with E-state index in [1.54, 1.807) is 7.11 Å². The van der Waals surface area contributed by atoms with Gasteiger partial charge < -0.3 is 40.2 Å². The summed E-state index contributed by atoms with van der Waals surface area (Å²) in [6.07, 6.45) is 9.73. The summed E-state index contributed by atoms with van der Waals surface area (Å²) in [6, 6.07) is 5.30. The highest BCUT2D eigenvalue weighted by Crippen LogP contribution is 2.45. The van der Waals surface area contributed by atoms with Crippen molar-refractivity contribution in [3.8, 4) is 22.9 Å². The lowest BCUT2D eigenvalue weighted by molar-refractivity contribution is -0.145. The van der Waals surface area contributed by atoms with Crippen LogP contribution < -0.4 is 25.4 Å². The Morgan fingerprint density at radius 3 is 2.65 bits per heavy atom. The van der Waals surface area contributed by atoms with Gasteiger partial charge in [0, 0.05) is 41.8 Å². The fraction of sp³-hybridized carbons (Fsp3) is 0.538. The molecule has 2 aromatic heterocycles. The zero-order chi connectivity index (χ0) is 37.8. The van der Waals surface area contributed by atoms with Crippen molar-refractivity contribution < 1.29 is 38.5 Å². The maximum absolute atomic E-state index is 14.5. The van der Waals surface area contributed by atoms with Gasteiger partial charge in [0.05, 0.1) is 24.9 Å². The number of anilines is 1. The Morgan fingerprint density at radius 1 is 1.06 bits per heavy atom. The zero-order valence-corrected chi connectivity index (χ0v) is 31.5. The summed E-state index contributed by atoms with van der Waals surface area (Å²) < 4.78 is 17.9. The van der Waals surface area contributed by atoms with Crippen molar-refractivity contribution >= 4 is 51.2 Å². The van der Waals surface area contributed by atoms with Crippen molar-refractivity contribution in [2.75, 3.05) is 25.5 Å². The third-order valence-electron chi connectivity index (χ3n) is 10.9. The number of aromatic nitrogens is 2. The summed E-state index contributed by atoms with van der Waals surface area (Å²) in [5.41, 5.74) is 0.403. The molecule has 4 N–H and O–H groups in total. The third-order valence-corrected chi connectivity index (χ3v) is 11.7. The van der Waals surface area contributed by atoms with Gasteiger partial charge >= 0.3 is 12.1 Å². The minimum atomic E-state index is -1.45. The molecule has 0 spiro atoms. The third kappa shape index (κ3) is 8.10. The first-order valence-electron chi connectivity index (χ1n) is 19.0. The molecule has 7 rings (SSSR count). The van der Waals surface area contributed by atoms with E-state index in [4.69, 9.17) is 24.2 Å². The Bertz CT molecular complexity index is 1910. The summed E-state index contributed by atoms with van der Waals surface area (Å²) in [7, 11) is 1.58. The van der Waals surface area contributed by atoms with Crippen molar-refractivity contribution in [3.63, 3.8) is 0 Å². The van der Waals surface area contributed by atoms with Gasteiger partial charge in [0.2, 0.25) is 11.8 Å². The molecule has 3 fully saturated rings. The second-order valence-corrected chi connectivity index (χ2v) is 15.4. The predicted octanol–water partition coefficient (Wildman–Crippen LogP) is 5.66. The SMILES string of the molecule is CCNc1nc(-c2cc(O[C@@H]3C[C@H]4C(=O)N[C@]5(C(=O)O)C[C@H]5/C=C\CCCCC[C@@H](NC(=O)OC5CCCC5)C(=O)N4C3)c3ccc(OC)cc3n2)cs1. The van der Waals surface area contributed by atoms with Gasteiger partial charge in [0.25, 0.3) is 0 Å². The number of ether oxygens (including phenoxy) is 3. The fourth-order valence-corrected chi connectivity index (χ4v) is 8.59. The molecule has 0 bridgehead atoms. The number of hydrogen-bond acceptors (Lipinski definition) is 11. The van der Waals surface area contributed by atoms with E-state index >= 15 is 0 Å². The van der Waals surface area contributed by atoms with Crippen molar-refractivity contribution in [1.82, 2.24) is 25.5 Å². The molecule has 3 aromatic rings. The minimum Gasteiger partial charge on any atom is -0.497 e. The van der Waals surface area contributed by atoms with Crippen molar-refractivity contribution in [3.05, 3.63) is 41.8 Å². The molecule has 15 heteroatoms. The number of pyridine rings is 1. The van der Waals surface area contributed by atoms with E-state index in [9.17, 15) is 24.3 Å². The average molecular weight is 761 g/mol. The molecular formula is C39H48N6O8S. The number of nitrogens with one attached hydrogen (secondary N) is 3. The Kier molecular flexibility index (Phi) is 11.2. The molecule has 2 aliphatic heterocycles. The number of alkyl carbamates (subject to hydrolysis) is 1. The monoisotopic (exact) mass is 760 g/mol. The molecule has 54 heavy (non-hydrogen) atoms. The second-order valence-electron chi connectivity index (χ2n) is 14.6. The summed E-state index contributed by atoms with van der Waals surface area (Å²) in [5.74, 6) is -1.36. The highest BCUT2D eigenvalue weighted by Gasteiger charge is 2.61. The molecule has 14 nitrogen and oxygen atoms in total. The van der Waals surface area contributed by atoms with Crippen LogP contribution in [-0.2, 0) is 19.1 Å². The summed E-state index contributed by atoms with van der Waals surface area (Å²) in [5, 5.41) is 22.5. The number of hydrogen-bond donors (Lipinski definition) is 4. The number of amides is 3. The summed E-state index contributed by atoms with van der Waals surface area (Å²) in [4.78, 5) is 65.4. The Morgan fingerprint density at radius 2 is 1.87 bits per heavy atom. The van der Waals surface area contributed by atoms with E-state index in [0.29, 0.717) is 46.6 Å². The summed E-state index contributed by atoms with van der Waals surface area (Å²) >= 11 is 1.47. The molecule has 2 aliphatic carbocycles. The van der Waals surface area contributed by atoms with Gasteiger partial charge in [-0.15, -0.1) is 11.3 Å². The smallest absolute Gasteiger partial charge is 0.408 e. The molecule has 1 aromatic carbocycles. The van der Waals surface area contributed by atoms with Crippen LogP contribution in [0.4, 0.5) is 9.93 Å². The lowest BCUT2D eigenvalue weighted by atomic mass is 10.0. The van der Waals surface area contributed by atoms with E-state index in [1.807, 2.05) is 48.7 Å².